The predicted octanol–water partition coefficient (Wildman–Crippen LogP) is 5.11. The number of nitrogens with zero attached hydrogens (tertiary/aromatic N) is 2. The zero-order valence-electron chi connectivity index (χ0n) is 14.4. The average molecular weight is 313 g/mol. The molecule has 0 aliphatic heterocycles. The Labute approximate surface area is 137 Å². The summed E-state index contributed by atoms with van der Waals surface area (Å²) in [6.45, 7) is 8.90. The Kier molecular flexibility index (Phi) is 5.37. The highest BCUT2D eigenvalue weighted by Crippen LogP contribution is 2.30. The van der Waals surface area contributed by atoms with Gasteiger partial charge in [-0.15, -0.1) is 0 Å². The van der Waals surface area contributed by atoms with Crippen LogP contribution in [0, 0.1) is 26.6 Å². The van der Waals surface area contributed by atoms with E-state index >= 15 is 0 Å². The Morgan fingerprint density at radius 1 is 1.13 bits per heavy atom. The molecule has 2 rings (SSSR count). The van der Waals surface area contributed by atoms with Gasteiger partial charge in [-0.2, -0.15) is 0 Å². The minimum atomic E-state index is -0.242. The molecule has 23 heavy (non-hydrogen) atoms. The lowest BCUT2D eigenvalue weighted by Gasteiger charge is -2.15. The fourth-order valence-electron chi connectivity index (χ4n) is 2.24. The van der Waals surface area contributed by atoms with E-state index in [1.807, 2.05) is 57.3 Å². The summed E-state index contributed by atoms with van der Waals surface area (Å²) in [6.07, 6.45) is 1.83. The van der Waals surface area contributed by atoms with Gasteiger partial charge in [0, 0.05) is 19.3 Å². The van der Waals surface area contributed by atoms with E-state index < -0.39 is 0 Å². The van der Waals surface area contributed by atoms with Gasteiger partial charge in [0.2, 0.25) is 0 Å². The van der Waals surface area contributed by atoms with Gasteiger partial charge in [-0.05, 0) is 62.6 Å². The summed E-state index contributed by atoms with van der Waals surface area (Å²) in [5, 5.41) is 3.22. The van der Waals surface area contributed by atoms with E-state index in [0.717, 1.165) is 34.6 Å². The van der Waals surface area contributed by atoms with Crippen LogP contribution in [-0.4, -0.2) is 24.8 Å². The van der Waals surface area contributed by atoms with Gasteiger partial charge in [0.1, 0.15) is 5.82 Å². The van der Waals surface area contributed by atoms with Crippen LogP contribution in [0.4, 0.5) is 21.5 Å². The molecule has 2 aromatic rings. The summed E-state index contributed by atoms with van der Waals surface area (Å²) in [4.78, 5) is 6.54. The largest absolute Gasteiger partial charge is 0.366 e. The molecule has 0 bridgehead atoms. The second-order valence-corrected chi connectivity index (χ2v) is 5.83. The Balaban J connectivity index is 2.32. The van der Waals surface area contributed by atoms with Crippen molar-refractivity contribution in [2.45, 2.75) is 27.7 Å². The number of anilines is 2. The highest BCUT2D eigenvalue weighted by Gasteiger charge is 2.09. The molecule has 0 atom stereocenters. The van der Waals surface area contributed by atoms with Crippen molar-refractivity contribution in [1.29, 1.82) is 0 Å². The van der Waals surface area contributed by atoms with E-state index in [-0.39, 0.29) is 5.82 Å². The average Bonchev–Trinajstić information content (AvgIpc) is 2.52. The number of aliphatic imine (C=N–C) groups is 1. The molecule has 4 heteroatoms. The standard InChI is InChI=1S/C19H24FN3/c1-6-23(5)12-21-17-10-15(4)18(11-14(17)3)22-19-13(2)8-7-9-16(19)20/h7-12,22H,6H2,1-5H3/b21-12+. The third-order valence-electron chi connectivity index (χ3n) is 3.92. The summed E-state index contributed by atoms with van der Waals surface area (Å²) in [7, 11) is 1.99. The third-order valence-corrected chi connectivity index (χ3v) is 3.92. The van der Waals surface area contributed by atoms with E-state index in [1.54, 1.807) is 6.07 Å². The molecule has 0 aliphatic carbocycles. The highest BCUT2D eigenvalue weighted by atomic mass is 19.1. The van der Waals surface area contributed by atoms with Crippen LogP contribution in [0.25, 0.3) is 0 Å². The van der Waals surface area contributed by atoms with Crippen molar-refractivity contribution in [1.82, 2.24) is 4.90 Å². The third kappa shape index (κ3) is 4.09. The van der Waals surface area contributed by atoms with Gasteiger partial charge in [-0.25, -0.2) is 9.38 Å². The Morgan fingerprint density at radius 2 is 1.87 bits per heavy atom. The normalized spacial score (nSPS) is 11.0. The second kappa shape index (κ2) is 7.27. The smallest absolute Gasteiger partial charge is 0.146 e. The summed E-state index contributed by atoms with van der Waals surface area (Å²) in [6, 6.07) is 9.12. The monoisotopic (exact) mass is 313 g/mol. The van der Waals surface area contributed by atoms with Gasteiger partial charge in [0.25, 0.3) is 0 Å². The fourth-order valence-corrected chi connectivity index (χ4v) is 2.24. The Bertz CT molecular complexity index is 703. The number of rotatable bonds is 5. The molecule has 0 radical (unpaired) electrons. The van der Waals surface area contributed by atoms with Gasteiger partial charge in [0.05, 0.1) is 17.7 Å². The first-order valence-electron chi connectivity index (χ1n) is 7.80. The summed E-state index contributed by atoms with van der Waals surface area (Å²) in [5.41, 5.74) is 5.32. The molecule has 0 saturated carbocycles. The molecule has 0 amide bonds. The summed E-state index contributed by atoms with van der Waals surface area (Å²) < 4.78 is 14.0. The molecule has 3 nitrogen and oxygen atoms in total. The molecule has 0 aromatic heterocycles. The van der Waals surface area contributed by atoms with Crippen molar-refractivity contribution in [2.24, 2.45) is 4.99 Å². The SMILES string of the molecule is CCN(C)/C=N/c1cc(C)c(Nc2c(C)cccc2F)cc1C. The van der Waals surface area contributed by atoms with E-state index in [1.165, 1.54) is 6.07 Å². The molecule has 0 unspecified atom stereocenters. The van der Waals surface area contributed by atoms with Crippen molar-refractivity contribution in [3.63, 3.8) is 0 Å². The Morgan fingerprint density at radius 3 is 2.52 bits per heavy atom. The van der Waals surface area contributed by atoms with Crippen LogP contribution in [0.2, 0.25) is 0 Å². The van der Waals surface area contributed by atoms with Gasteiger partial charge in [0.15, 0.2) is 0 Å². The lowest BCUT2D eigenvalue weighted by molar-refractivity contribution is 0.552. The zero-order valence-corrected chi connectivity index (χ0v) is 14.4. The maximum atomic E-state index is 14.0. The van der Waals surface area contributed by atoms with Gasteiger partial charge in [-0.3, -0.25) is 0 Å². The molecular formula is C19H24FN3. The molecule has 2 aromatic carbocycles. The van der Waals surface area contributed by atoms with Crippen LogP contribution < -0.4 is 5.32 Å². The van der Waals surface area contributed by atoms with Crippen molar-refractivity contribution < 1.29 is 4.39 Å². The maximum absolute atomic E-state index is 14.0. The van der Waals surface area contributed by atoms with Crippen molar-refractivity contribution >= 4 is 23.4 Å². The van der Waals surface area contributed by atoms with Gasteiger partial charge >= 0.3 is 0 Å². The topological polar surface area (TPSA) is 27.6 Å². The van der Waals surface area contributed by atoms with Gasteiger partial charge in [-0.1, -0.05) is 12.1 Å². The molecule has 1 N–H and O–H groups in total. The number of halogens is 1. The van der Waals surface area contributed by atoms with Crippen LogP contribution in [0.15, 0.2) is 35.3 Å². The summed E-state index contributed by atoms with van der Waals surface area (Å²) in [5.74, 6) is -0.242. The van der Waals surface area contributed by atoms with Crippen molar-refractivity contribution in [3.05, 3.63) is 52.8 Å². The number of aryl methyl sites for hydroxylation is 3. The Hall–Kier alpha value is -2.36. The maximum Gasteiger partial charge on any atom is 0.146 e. The van der Waals surface area contributed by atoms with Crippen molar-refractivity contribution in [3.8, 4) is 0 Å². The molecule has 0 aliphatic rings. The number of hydrogen-bond donors (Lipinski definition) is 1. The predicted molar refractivity (Wildman–Crippen MR) is 96.8 cm³/mol. The molecule has 0 heterocycles. The molecule has 0 spiro atoms. The van der Waals surface area contributed by atoms with Crippen LogP contribution >= 0.6 is 0 Å². The number of hydrogen-bond acceptors (Lipinski definition) is 2. The minimum Gasteiger partial charge on any atom is -0.366 e. The molecule has 0 fully saturated rings. The highest BCUT2D eigenvalue weighted by molar-refractivity contribution is 5.72. The van der Waals surface area contributed by atoms with E-state index in [2.05, 4.69) is 17.2 Å². The second-order valence-electron chi connectivity index (χ2n) is 5.83. The quantitative estimate of drug-likeness (QED) is 0.614. The van der Waals surface area contributed by atoms with Crippen molar-refractivity contribution in [2.75, 3.05) is 18.9 Å². The fraction of sp³-hybridized carbons (Fsp3) is 0.316. The van der Waals surface area contributed by atoms with E-state index in [4.69, 9.17) is 0 Å². The van der Waals surface area contributed by atoms with Crippen LogP contribution in [0.1, 0.15) is 23.6 Å². The van der Waals surface area contributed by atoms with E-state index in [9.17, 15) is 4.39 Å². The number of nitrogens with one attached hydrogen (secondary N) is 1. The number of para-hydroxylation sites is 1. The number of benzene rings is 2. The molecule has 0 saturated heterocycles. The van der Waals surface area contributed by atoms with Gasteiger partial charge < -0.3 is 10.2 Å². The minimum absolute atomic E-state index is 0.242. The molecular weight excluding hydrogens is 289 g/mol. The lowest BCUT2D eigenvalue weighted by atomic mass is 10.1. The zero-order chi connectivity index (χ0) is 17.0. The van der Waals surface area contributed by atoms with Crippen LogP contribution in [-0.2, 0) is 0 Å². The first-order chi connectivity index (χ1) is 10.9. The lowest BCUT2D eigenvalue weighted by Crippen LogP contribution is -2.14. The summed E-state index contributed by atoms with van der Waals surface area (Å²) >= 11 is 0. The van der Waals surface area contributed by atoms with Crippen LogP contribution in [0.5, 0.6) is 0 Å². The first-order valence-corrected chi connectivity index (χ1v) is 7.80. The molecule has 122 valence electrons. The van der Waals surface area contributed by atoms with E-state index in [0.29, 0.717) is 5.69 Å². The first kappa shape index (κ1) is 17.0. The van der Waals surface area contributed by atoms with Crippen LogP contribution in [0.3, 0.4) is 0 Å².